The lowest BCUT2D eigenvalue weighted by Crippen LogP contribution is -2.30. The highest BCUT2D eigenvalue weighted by atomic mass is 15.4. The van der Waals surface area contributed by atoms with Crippen molar-refractivity contribution in [3.63, 3.8) is 0 Å². The molecule has 0 radical (unpaired) electrons. The first kappa shape index (κ1) is 13.0. The minimum atomic E-state index is 0.336. The van der Waals surface area contributed by atoms with Crippen molar-refractivity contribution in [3.05, 3.63) is 35.9 Å². The summed E-state index contributed by atoms with van der Waals surface area (Å²) < 4.78 is 1.99. The van der Waals surface area contributed by atoms with Gasteiger partial charge in [0, 0.05) is 24.0 Å². The summed E-state index contributed by atoms with van der Waals surface area (Å²) in [6, 6.07) is 6.53. The second-order valence-corrected chi connectivity index (χ2v) is 5.63. The molecule has 0 atom stereocenters. The third-order valence-corrected chi connectivity index (χ3v) is 3.79. The van der Waals surface area contributed by atoms with E-state index in [1.807, 2.05) is 10.7 Å². The van der Waals surface area contributed by atoms with E-state index in [2.05, 4.69) is 41.0 Å². The van der Waals surface area contributed by atoms with E-state index in [0.29, 0.717) is 6.04 Å². The number of fused-ring (bicyclic) bond motifs is 1. The molecule has 106 valence electrons. The fourth-order valence-electron chi connectivity index (χ4n) is 2.85. The van der Waals surface area contributed by atoms with Crippen LogP contribution in [0.2, 0.25) is 0 Å². The van der Waals surface area contributed by atoms with Gasteiger partial charge in [0.25, 0.3) is 0 Å². The molecule has 1 aliphatic heterocycles. The van der Waals surface area contributed by atoms with Crippen molar-refractivity contribution in [2.75, 3.05) is 17.2 Å². The number of nitrogen functional groups attached to an aromatic ring is 1. The second-order valence-electron chi connectivity index (χ2n) is 5.63. The number of aryl methyl sites for hydroxylation is 1. The number of aromatic nitrogens is 3. The Morgan fingerprint density at radius 2 is 2.20 bits per heavy atom. The topological polar surface area (TPSA) is 60.0 Å². The van der Waals surface area contributed by atoms with Gasteiger partial charge in [0.05, 0.1) is 6.54 Å². The first-order chi connectivity index (χ1) is 9.65. The lowest BCUT2D eigenvalue weighted by molar-refractivity contribution is 0.498. The lowest BCUT2D eigenvalue weighted by atomic mass is 10.0. The van der Waals surface area contributed by atoms with Gasteiger partial charge in [-0.1, -0.05) is 0 Å². The molecule has 0 saturated carbocycles. The fourth-order valence-corrected chi connectivity index (χ4v) is 2.85. The van der Waals surface area contributed by atoms with Gasteiger partial charge in [-0.2, -0.15) is 5.10 Å². The average molecular weight is 271 g/mol. The van der Waals surface area contributed by atoms with Crippen molar-refractivity contribution >= 4 is 11.4 Å². The van der Waals surface area contributed by atoms with Crippen molar-refractivity contribution in [2.24, 2.45) is 0 Å². The first-order valence-electron chi connectivity index (χ1n) is 7.17. The molecule has 2 heterocycles. The van der Waals surface area contributed by atoms with Crippen molar-refractivity contribution in [2.45, 2.75) is 39.3 Å². The first-order valence-corrected chi connectivity index (χ1v) is 7.17. The molecular weight excluding hydrogens is 250 g/mol. The van der Waals surface area contributed by atoms with Crippen LogP contribution in [0.25, 0.3) is 0 Å². The van der Waals surface area contributed by atoms with Crippen LogP contribution in [0.4, 0.5) is 11.4 Å². The number of nitrogens with zero attached hydrogens (tertiary/aromatic N) is 4. The van der Waals surface area contributed by atoms with Crippen molar-refractivity contribution in [1.82, 2.24) is 14.8 Å². The molecule has 1 aromatic carbocycles. The van der Waals surface area contributed by atoms with Gasteiger partial charge in [-0.3, -0.25) is 0 Å². The van der Waals surface area contributed by atoms with Gasteiger partial charge in [0.1, 0.15) is 12.2 Å². The van der Waals surface area contributed by atoms with Gasteiger partial charge < -0.3 is 10.6 Å². The molecule has 5 nitrogen and oxygen atoms in total. The standard InChI is InChI=1S/C15H21N5/c1-11(2)20-15(17-10-18-20)9-19-7-3-4-12-8-13(16)5-6-14(12)19/h5-6,8,10-11H,3-4,7,9,16H2,1-2H3. The third kappa shape index (κ3) is 2.35. The zero-order valence-corrected chi connectivity index (χ0v) is 12.1. The van der Waals surface area contributed by atoms with Crippen LogP contribution >= 0.6 is 0 Å². The number of hydrogen-bond donors (Lipinski definition) is 1. The number of anilines is 2. The molecule has 2 N–H and O–H groups in total. The lowest BCUT2D eigenvalue weighted by Gasteiger charge is -2.31. The molecule has 20 heavy (non-hydrogen) atoms. The number of nitrogens with two attached hydrogens (primary N) is 1. The van der Waals surface area contributed by atoms with Gasteiger partial charge >= 0.3 is 0 Å². The van der Waals surface area contributed by atoms with E-state index < -0.39 is 0 Å². The van der Waals surface area contributed by atoms with E-state index in [4.69, 9.17) is 5.73 Å². The molecule has 3 rings (SSSR count). The minimum absolute atomic E-state index is 0.336. The largest absolute Gasteiger partial charge is 0.399 e. The maximum atomic E-state index is 5.88. The summed E-state index contributed by atoms with van der Waals surface area (Å²) in [7, 11) is 0. The fraction of sp³-hybridized carbons (Fsp3) is 0.467. The predicted octanol–water partition coefficient (Wildman–Crippen LogP) is 2.39. The predicted molar refractivity (Wildman–Crippen MR) is 80.6 cm³/mol. The molecule has 2 aromatic rings. The molecule has 5 heteroatoms. The van der Waals surface area contributed by atoms with Gasteiger partial charge in [-0.05, 0) is 50.5 Å². The van der Waals surface area contributed by atoms with Crippen LogP contribution in [-0.4, -0.2) is 21.3 Å². The molecule has 0 amide bonds. The van der Waals surface area contributed by atoms with Crippen LogP contribution in [-0.2, 0) is 13.0 Å². The van der Waals surface area contributed by atoms with Crippen molar-refractivity contribution < 1.29 is 0 Å². The third-order valence-electron chi connectivity index (χ3n) is 3.79. The Morgan fingerprint density at radius 1 is 1.35 bits per heavy atom. The van der Waals surface area contributed by atoms with Gasteiger partial charge in [0.15, 0.2) is 0 Å². The average Bonchev–Trinajstić information content (AvgIpc) is 2.87. The Morgan fingerprint density at radius 3 is 3.00 bits per heavy atom. The second kappa shape index (κ2) is 5.15. The highest BCUT2D eigenvalue weighted by molar-refractivity contribution is 5.61. The van der Waals surface area contributed by atoms with Gasteiger partial charge in [-0.15, -0.1) is 0 Å². The number of rotatable bonds is 3. The Balaban J connectivity index is 1.88. The monoisotopic (exact) mass is 271 g/mol. The van der Waals surface area contributed by atoms with Crippen LogP contribution in [0.15, 0.2) is 24.5 Å². The van der Waals surface area contributed by atoms with Crippen LogP contribution in [0, 0.1) is 0 Å². The summed E-state index contributed by atoms with van der Waals surface area (Å²) in [6.45, 7) is 6.11. The van der Waals surface area contributed by atoms with Gasteiger partial charge in [-0.25, -0.2) is 9.67 Å². The molecule has 0 aliphatic carbocycles. The number of benzene rings is 1. The summed E-state index contributed by atoms with van der Waals surface area (Å²) in [5.41, 5.74) is 9.35. The van der Waals surface area contributed by atoms with E-state index >= 15 is 0 Å². The summed E-state index contributed by atoms with van der Waals surface area (Å²) >= 11 is 0. The van der Waals surface area contributed by atoms with Crippen LogP contribution in [0.1, 0.15) is 37.7 Å². The van der Waals surface area contributed by atoms with Crippen LogP contribution < -0.4 is 10.6 Å². The summed E-state index contributed by atoms with van der Waals surface area (Å²) in [5.74, 6) is 1.02. The summed E-state index contributed by atoms with van der Waals surface area (Å²) in [5, 5.41) is 4.31. The number of hydrogen-bond acceptors (Lipinski definition) is 4. The maximum Gasteiger partial charge on any atom is 0.146 e. The Bertz CT molecular complexity index is 602. The molecule has 0 unspecified atom stereocenters. The van der Waals surface area contributed by atoms with Crippen molar-refractivity contribution in [1.29, 1.82) is 0 Å². The van der Waals surface area contributed by atoms with E-state index in [9.17, 15) is 0 Å². The van der Waals surface area contributed by atoms with E-state index in [1.54, 1.807) is 6.33 Å². The minimum Gasteiger partial charge on any atom is -0.399 e. The zero-order valence-electron chi connectivity index (χ0n) is 12.1. The quantitative estimate of drug-likeness (QED) is 0.871. The van der Waals surface area contributed by atoms with Gasteiger partial charge in [0.2, 0.25) is 0 Å². The molecule has 0 bridgehead atoms. The van der Waals surface area contributed by atoms with Crippen LogP contribution in [0.5, 0.6) is 0 Å². The molecule has 1 aromatic heterocycles. The molecule has 0 fully saturated rings. The Labute approximate surface area is 119 Å². The maximum absolute atomic E-state index is 5.88. The molecule has 0 saturated heterocycles. The molecular formula is C15H21N5. The SMILES string of the molecule is CC(C)n1ncnc1CN1CCCc2cc(N)ccc21. The zero-order chi connectivity index (χ0) is 14.1. The normalized spacial score (nSPS) is 14.7. The molecule has 1 aliphatic rings. The smallest absolute Gasteiger partial charge is 0.146 e. The van der Waals surface area contributed by atoms with E-state index in [1.165, 1.54) is 11.3 Å². The highest BCUT2D eigenvalue weighted by Gasteiger charge is 2.19. The van der Waals surface area contributed by atoms with E-state index in [-0.39, 0.29) is 0 Å². The highest BCUT2D eigenvalue weighted by Crippen LogP contribution is 2.29. The Hall–Kier alpha value is -2.04. The van der Waals surface area contributed by atoms with Crippen molar-refractivity contribution in [3.8, 4) is 0 Å². The Kier molecular flexibility index (Phi) is 3.34. The van der Waals surface area contributed by atoms with E-state index in [0.717, 1.165) is 37.4 Å². The van der Waals surface area contributed by atoms with Crippen LogP contribution in [0.3, 0.4) is 0 Å². The summed E-state index contributed by atoms with van der Waals surface area (Å²) in [4.78, 5) is 6.78. The summed E-state index contributed by atoms with van der Waals surface area (Å²) in [6.07, 6.45) is 3.91. The molecule has 0 spiro atoms.